The molecule has 0 fully saturated rings. The van der Waals surface area contributed by atoms with Crippen molar-refractivity contribution >= 4 is 29.1 Å². The van der Waals surface area contributed by atoms with Crippen LogP contribution in [0.4, 0.5) is 0 Å². The summed E-state index contributed by atoms with van der Waals surface area (Å²) in [6, 6.07) is 12.4. The van der Waals surface area contributed by atoms with Crippen molar-refractivity contribution in [3.05, 3.63) is 105 Å². The number of ether oxygens (including phenoxy) is 1. The number of allylic oxidation sites excluding steroid dienone is 5. The van der Waals surface area contributed by atoms with Gasteiger partial charge in [-0.3, -0.25) is 19.2 Å². The molecule has 33 heavy (non-hydrogen) atoms. The zero-order chi connectivity index (χ0) is 23.9. The molecular weight excluding hydrogens is 420 g/mol. The SMILES string of the molecule is COC(=O)C1=C(C2=C(CC=C(C)C)C(=O)c3ccccc3C2=O)C(=O)c2ccccc2C1=O. The van der Waals surface area contributed by atoms with Crippen molar-refractivity contribution in [1.82, 2.24) is 0 Å². The molecule has 0 unspecified atom stereocenters. The van der Waals surface area contributed by atoms with Crippen LogP contribution in [0.1, 0.15) is 61.7 Å². The van der Waals surface area contributed by atoms with Gasteiger partial charge in [-0.05, 0) is 20.3 Å². The summed E-state index contributed by atoms with van der Waals surface area (Å²) in [5, 5.41) is 0. The van der Waals surface area contributed by atoms with E-state index in [4.69, 9.17) is 4.74 Å². The van der Waals surface area contributed by atoms with Crippen molar-refractivity contribution in [3.8, 4) is 0 Å². The van der Waals surface area contributed by atoms with Crippen LogP contribution in [-0.2, 0) is 9.53 Å². The van der Waals surface area contributed by atoms with Gasteiger partial charge in [-0.2, -0.15) is 0 Å². The number of ketones is 4. The van der Waals surface area contributed by atoms with Crippen LogP contribution in [0.2, 0.25) is 0 Å². The zero-order valence-electron chi connectivity index (χ0n) is 18.4. The van der Waals surface area contributed by atoms with Gasteiger partial charge in [-0.1, -0.05) is 60.2 Å². The minimum absolute atomic E-state index is 0.0492. The normalized spacial score (nSPS) is 15.4. The van der Waals surface area contributed by atoms with Crippen LogP contribution in [0.15, 0.2) is 82.5 Å². The number of benzene rings is 2. The van der Waals surface area contributed by atoms with Gasteiger partial charge in [-0.15, -0.1) is 0 Å². The Morgan fingerprint density at radius 3 is 1.67 bits per heavy atom. The summed E-state index contributed by atoms with van der Waals surface area (Å²) in [6.07, 6.45) is 1.83. The zero-order valence-corrected chi connectivity index (χ0v) is 18.4. The van der Waals surface area contributed by atoms with Gasteiger partial charge in [0.2, 0.25) is 5.78 Å². The van der Waals surface area contributed by atoms with E-state index in [2.05, 4.69) is 0 Å². The monoisotopic (exact) mass is 440 g/mol. The number of esters is 1. The highest BCUT2D eigenvalue weighted by atomic mass is 16.5. The molecule has 4 rings (SSSR count). The molecule has 2 aliphatic rings. The van der Waals surface area contributed by atoms with Crippen molar-refractivity contribution in [2.45, 2.75) is 20.3 Å². The third-order valence-electron chi connectivity index (χ3n) is 5.69. The molecule has 6 heteroatoms. The van der Waals surface area contributed by atoms with Crippen LogP contribution in [0.5, 0.6) is 0 Å². The summed E-state index contributed by atoms with van der Waals surface area (Å²) in [4.78, 5) is 66.7. The molecule has 0 atom stereocenters. The molecule has 0 radical (unpaired) electrons. The van der Waals surface area contributed by atoms with Gasteiger partial charge in [0.15, 0.2) is 17.3 Å². The molecule has 0 aromatic heterocycles. The van der Waals surface area contributed by atoms with Crippen LogP contribution in [0.25, 0.3) is 0 Å². The first-order valence-electron chi connectivity index (χ1n) is 10.3. The third kappa shape index (κ3) is 3.49. The molecule has 0 N–H and O–H groups in total. The number of hydrogen-bond acceptors (Lipinski definition) is 6. The van der Waals surface area contributed by atoms with E-state index in [1.54, 1.807) is 36.4 Å². The van der Waals surface area contributed by atoms with E-state index < -0.39 is 34.7 Å². The molecule has 0 bridgehead atoms. The van der Waals surface area contributed by atoms with Crippen molar-refractivity contribution in [2.24, 2.45) is 0 Å². The number of methoxy groups -OCH3 is 1. The lowest BCUT2D eigenvalue weighted by atomic mass is 9.73. The second kappa shape index (κ2) is 8.39. The fourth-order valence-electron chi connectivity index (χ4n) is 4.10. The first-order chi connectivity index (χ1) is 15.8. The van der Waals surface area contributed by atoms with E-state index in [9.17, 15) is 24.0 Å². The van der Waals surface area contributed by atoms with E-state index in [1.165, 1.54) is 18.2 Å². The molecule has 0 spiro atoms. The van der Waals surface area contributed by atoms with Crippen LogP contribution in [-0.4, -0.2) is 36.2 Å². The summed E-state index contributed by atoms with van der Waals surface area (Å²) < 4.78 is 4.81. The number of carbonyl (C=O) groups is 5. The molecule has 164 valence electrons. The summed E-state index contributed by atoms with van der Waals surface area (Å²) >= 11 is 0. The molecule has 0 saturated carbocycles. The largest absolute Gasteiger partial charge is 0.465 e. The third-order valence-corrected chi connectivity index (χ3v) is 5.69. The topological polar surface area (TPSA) is 94.6 Å². The van der Waals surface area contributed by atoms with E-state index in [-0.39, 0.29) is 45.4 Å². The Bertz CT molecular complexity index is 1360. The predicted molar refractivity (Wildman–Crippen MR) is 120 cm³/mol. The highest BCUT2D eigenvalue weighted by Gasteiger charge is 2.43. The molecule has 2 aromatic rings. The van der Waals surface area contributed by atoms with Gasteiger partial charge in [0, 0.05) is 33.4 Å². The molecule has 0 heterocycles. The predicted octanol–water partition coefficient (Wildman–Crippen LogP) is 4.27. The Morgan fingerprint density at radius 2 is 1.18 bits per heavy atom. The van der Waals surface area contributed by atoms with Crippen molar-refractivity contribution in [1.29, 1.82) is 0 Å². The first-order valence-corrected chi connectivity index (χ1v) is 10.3. The number of Topliss-reactive ketones (excluding diaryl/α,β-unsaturated/α-hetero) is 4. The minimum atomic E-state index is -1.04. The van der Waals surface area contributed by atoms with E-state index in [0.717, 1.165) is 12.7 Å². The second-order valence-corrected chi connectivity index (χ2v) is 7.99. The van der Waals surface area contributed by atoms with Gasteiger partial charge in [0.1, 0.15) is 5.57 Å². The van der Waals surface area contributed by atoms with Gasteiger partial charge in [0.25, 0.3) is 0 Å². The molecule has 2 aliphatic carbocycles. The van der Waals surface area contributed by atoms with Gasteiger partial charge in [-0.25, -0.2) is 4.79 Å². The minimum Gasteiger partial charge on any atom is -0.465 e. The van der Waals surface area contributed by atoms with Gasteiger partial charge < -0.3 is 4.74 Å². The summed E-state index contributed by atoms with van der Waals surface area (Å²) in [6.45, 7) is 3.68. The van der Waals surface area contributed by atoms with Crippen molar-refractivity contribution in [3.63, 3.8) is 0 Å². The molecular formula is C27H20O6. The molecule has 0 aliphatic heterocycles. The standard InChI is InChI=1S/C27H20O6/c1-14(2)12-13-19-20(24(29)16-9-5-4-8-15(16)23(19)28)21-22(27(32)33-3)26(31)18-11-7-6-10-17(18)25(21)30/h4-12H,13H2,1-3H3. The maximum atomic E-state index is 13.7. The quantitative estimate of drug-likeness (QED) is 0.400. The lowest BCUT2D eigenvalue weighted by Gasteiger charge is -2.26. The molecule has 0 saturated heterocycles. The number of rotatable bonds is 4. The number of carbonyl (C=O) groups excluding carboxylic acids is 5. The Balaban J connectivity index is 2.10. The Morgan fingerprint density at radius 1 is 0.727 bits per heavy atom. The molecule has 2 aromatic carbocycles. The first kappa shape index (κ1) is 22.0. The van der Waals surface area contributed by atoms with Gasteiger partial charge >= 0.3 is 5.97 Å². The lowest BCUT2D eigenvalue weighted by molar-refractivity contribution is -0.135. The average Bonchev–Trinajstić information content (AvgIpc) is 2.82. The van der Waals surface area contributed by atoms with Gasteiger partial charge in [0.05, 0.1) is 12.7 Å². The Hall–Kier alpha value is -4.19. The fourth-order valence-corrected chi connectivity index (χ4v) is 4.10. The van der Waals surface area contributed by atoms with Crippen LogP contribution < -0.4 is 0 Å². The van der Waals surface area contributed by atoms with Crippen LogP contribution >= 0.6 is 0 Å². The smallest absolute Gasteiger partial charge is 0.342 e. The van der Waals surface area contributed by atoms with Crippen molar-refractivity contribution < 1.29 is 28.7 Å². The maximum absolute atomic E-state index is 13.7. The van der Waals surface area contributed by atoms with Crippen LogP contribution in [0, 0.1) is 0 Å². The van der Waals surface area contributed by atoms with Crippen molar-refractivity contribution in [2.75, 3.05) is 7.11 Å². The van der Waals surface area contributed by atoms with E-state index >= 15 is 0 Å². The van der Waals surface area contributed by atoms with E-state index in [0.29, 0.717) is 0 Å². The molecule has 6 nitrogen and oxygen atoms in total. The second-order valence-electron chi connectivity index (χ2n) is 7.99. The summed E-state index contributed by atoms with van der Waals surface area (Å²) in [5.41, 5.74) is 0.294. The number of hydrogen-bond donors (Lipinski definition) is 0. The number of fused-ring (bicyclic) bond motifs is 2. The summed E-state index contributed by atoms with van der Waals surface area (Å²) in [7, 11) is 1.09. The fraction of sp³-hybridized carbons (Fsp3) is 0.148. The summed E-state index contributed by atoms with van der Waals surface area (Å²) in [5.74, 6) is -3.44. The van der Waals surface area contributed by atoms with E-state index in [1.807, 2.05) is 13.8 Å². The highest BCUT2D eigenvalue weighted by molar-refractivity contribution is 6.41. The molecule has 0 amide bonds. The average molecular weight is 440 g/mol. The lowest BCUT2D eigenvalue weighted by Crippen LogP contribution is -2.32. The highest BCUT2D eigenvalue weighted by Crippen LogP contribution is 2.38. The maximum Gasteiger partial charge on any atom is 0.342 e. The Kier molecular flexibility index (Phi) is 5.60. The van der Waals surface area contributed by atoms with Crippen LogP contribution in [0.3, 0.4) is 0 Å². The Labute approximate surface area is 190 Å².